The number of rotatable bonds is 3. The second-order valence-electron chi connectivity index (χ2n) is 3.98. The van der Waals surface area contributed by atoms with Crippen molar-refractivity contribution >= 4 is 5.97 Å². The first-order valence-electron chi connectivity index (χ1n) is 5.51. The van der Waals surface area contributed by atoms with Crippen LogP contribution in [0.5, 0.6) is 0 Å². The molecule has 2 aromatic rings. The standard InChI is InChI=1S/C14H15NO2/c1-10-9-15-12(13(10)14(16)17-2)8-11-6-4-3-5-7-11/h3-7,9,15H,8H2,1-2H3. The number of aryl methyl sites for hydroxylation is 1. The third kappa shape index (κ3) is 2.38. The van der Waals surface area contributed by atoms with Gasteiger partial charge >= 0.3 is 5.97 Å². The second-order valence-corrected chi connectivity index (χ2v) is 3.98. The molecule has 0 spiro atoms. The Morgan fingerprint density at radius 3 is 2.65 bits per heavy atom. The molecule has 0 fully saturated rings. The summed E-state index contributed by atoms with van der Waals surface area (Å²) in [7, 11) is 1.40. The molecular formula is C14H15NO2. The predicted octanol–water partition coefficient (Wildman–Crippen LogP) is 2.70. The molecule has 2 rings (SSSR count). The lowest BCUT2D eigenvalue weighted by Gasteiger charge is -2.04. The molecule has 0 atom stereocenters. The van der Waals surface area contributed by atoms with E-state index in [0.717, 1.165) is 11.3 Å². The summed E-state index contributed by atoms with van der Waals surface area (Å²) in [6, 6.07) is 10.0. The lowest BCUT2D eigenvalue weighted by Crippen LogP contribution is -2.06. The Labute approximate surface area is 100 Å². The number of aromatic nitrogens is 1. The van der Waals surface area contributed by atoms with Crippen LogP contribution in [0.4, 0.5) is 0 Å². The summed E-state index contributed by atoms with van der Waals surface area (Å²) >= 11 is 0. The number of methoxy groups -OCH3 is 1. The zero-order valence-electron chi connectivity index (χ0n) is 9.99. The van der Waals surface area contributed by atoms with Crippen LogP contribution in [-0.2, 0) is 11.2 Å². The third-order valence-electron chi connectivity index (χ3n) is 2.77. The second kappa shape index (κ2) is 4.87. The Hall–Kier alpha value is -2.03. The molecule has 88 valence electrons. The number of aromatic amines is 1. The summed E-state index contributed by atoms with van der Waals surface area (Å²) in [5, 5.41) is 0. The maximum atomic E-state index is 11.7. The van der Waals surface area contributed by atoms with E-state index in [0.29, 0.717) is 12.0 Å². The predicted molar refractivity (Wildman–Crippen MR) is 66.1 cm³/mol. The topological polar surface area (TPSA) is 42.1 Å². The number of carbonyl (C=O) groups excluding carboxylic acids is 1. The largest absolute Gasteiger partial charge is 0.465 e. The molecule has 1 heterocycles. The molecule has 0 aliphatic rings. The normalized spacial score (nSPS) is 10.2. The fourth-order valence-electron chi connectivity index (χ4n) is 1.90. The number of esters is 1. The monoisotopic (exact) mass is 229 g/mol. The summed E-state index contributed by atoms with van der Waals surface area (Å²) in [6.07, 6.45) is 2.55. The number of carbonyl (C=O) groups is 1. The van der Waals surface area contributed by atoms with Gasteiger partial charge in [-0.3, -0.25) is 0 Å². The molecule has 0 saturated carbocycles. The van der Waals surface area contributed by atoms with Gasteiger partial charge in [0.05, 0.1) is 12.7 Å². The van der Waals surface area contributed by atoms with Crippen LogP contribution in [0.3, 0.4) is 0 Å². The molecule has 0 radical (unpaired) electrons. The maximum absolute atomic E-state index is 11.7. The molecule has 0 aliphatic heterocycles. The van der Waals surface area contributed by atoms with Crippen LogP contribution in [0.15, 0.2) is 36.5 Å². The summed E-state index contributed by atoms with van der Waals surface area (Å²) in [5.41, 5.74) is 3.64. The van der Waals surface area contributed by atoms with Crippen molar-refractivity contribution in [1.82, 2.24) is 4.98 Å². The van der Waals surface area contributed by atoms with Gasteiger partial charge in [0.25, 0.3) is 0 Å². The summed E-state index contributed by atoms with van der Waals surface area (Å²) in [5.74, 6) is -0.283. The molecule has 0 saturated heterocycles. The Morgan fingerprint density at radius 1 is 1.29 bits per heavy atom. The van der Waals surface area contributed by atoms with Gasteiger partial charge in [-0.15, -0.1) is 0 Å². The lowest BCUT2D eigenvalue weighted by molar-refractivity contribution is 0.0599. The van der Waals surface area contributed by atoms with Gasteiger partial charge in [0.15, 0.2) is 0 Å². The number of hydrogen-bond acceptors (Lipinski definition) is 2. The highest BCUT2D eigenvalue weighted by molar-refractivity contribution is 5.92. The van der Waals surface area contributed by atoms with E-state index in [1.54, 1.807) is 0 Å². The minimum atomic E-state index is -0.283. The van der Waals surface area contributed by atoms with Gasteiger partial charge in [-0.25, -0.2) is 4.79 Å². The van der Waals surface area contributed by atoms with E-state index in [9.17, 15) is 4.79 Å². The highest BCUT2D eigenvalue weighted by Gasteiger charge is 2.16. The van der Waals surface area contributed by atoms with E-state index >= 15 is 0 Å². The summed E-state index contributed by atoms with van der Waals surface area (Å²) in [6.45, 7) is 1.90. The van der Waals surface area contributed by atoms with Gasteiger partial charge in [-0.2, -0.15) is 0 Å². The molecular weight excluding hydrogens is 214 g/mol. The van der Waals surface area contributed by atoms with Crippen molar-refractivity contribution in [3.8, 4) is 0 Å². The molecule has 1 N–H and O–H groups in total. The Morgan fingerprint density at radius 2 is 2.00 bits per heavy atom. The van der Waals surface area contributed by atoms with Gasteiger partial charge < -0.3 is 9.72 Å². The number of nitrogens with one attached hydrogen (secondary N) is 1. The Balaban J connectivity index is 2.31. The Bertz CT molecular complexity index is 514. The van der Waals surface area contributed by atoms with Crippen LogP contribution in [0.25, 0.3) is 0 Å². The number of benzene rings is 1. The zero-order chi connectivity index (χ0) is 12.3. The third-order valence-corrected chi connectivity index (χ3v) is 2.77. The van der Waals surface area contributed by atoms with Crippen LogP contribution in [0.1, 0.15) is 27.2 Å². The van der Waals surface area contributed by atoms with Crippen molar-refractivity contribution in [2.24, 2.45) is 0 Å². The first kappa shape index (κ1) is 11.5. The van der Waals surface area contributed by atoms with E-state index in [4.69, 9.17) is 4.74 Å². The summed E-state index contributed by atoms with van der Waals surface area (Å²) < 4.78 is 4.79. The highest BCUT2D eigenvalue weighted by Crippen LogP contribution is 2.17. The fourth-order valence-corrected chi connectivity index (χ4v) is 1.90. The summed E-state index contributed by atoms with van der Waals surface area (Å²) in [4.78, 5) is 14.8. The molecule has 3 nitrogen and oxygen atoms in total. The molecule has 0 aliphatic carbocycles. The minimum absolute atomic E-state index is 0.283. The molecule has 3 heteroatoms. The van der Waals surface area contributed by atoms with Gasteiger partial charge in [0.2, 0.25) is 0 Å². The lowest BCUT2D eigenvalue weighted by atomic mass is 10.1. The van der Waals surface area contributed by atoms with Crippen molar-refractivity contribution in [3.05, 3.63) is 58.9 Å². The Kier molecular flexibility index (Phi) is 3.28. The first-order chi connectivity index (χ1) is 8.22. The van der Waals surface area contributed by atoms with Crippen LogP contribution in [-0.4, -0.2) is 18.1 Å². The average Bonchev–Trinajstić information content (AvgIpc) is 2.71. The van der Waals surface area contributed by atoms with E-state index in [1.807, 2.05) is 43.5 Å². The molecule has 0 unspecified atom stereocenters. The first-order valence-corrected chi connectivity index (χ1v) is 5.51. The zero-order valence-corrected chi connectivity index (χ0v) is 9.99. The van der Waals surface area contributed by atoms with Crippen LogP contribution < -0.4 is 0 Å². The van der Waals surface area contributed by atoms with E-state index < -0.39 is 0 Å². The minimum Gasteiger partial charge on any atom is -0.465 e. The van der Waals surface area contributed by atoms with Crippen molar-refractivity contribution < 1.29 is 9.53 Å². The van der Waals surface area contributed by atoms with Crippen LogP contribution in [0, 0.1) is 6.92 Å². The molecule has 0 bridgehead atoms. The van der Waals surface area contributed by atoms with Crippen molar-refractivity contribution in [2.75, 3.05) is 7.11 Å². The van der Waals surface area contributed by atoms with Crippen molar-refractivity contribution in [3.63, 3.8) is 0 Å². The van der Waals surface area contributed by atoms with Gasteiger partial charge in [-0.05, 0) is 18.1 Å². The average molecular weight is 229 g/mol. The molecule has 0 amide bonds. The van der Waals surface area contributed by atoms with Crippen LogP contribution in [0.2, 0.25) is 0 Å². The highest BCUT2D eigenvalue weighted by atomic mass is 16.5. The molecule has 1 aromatic carbocycles. The van der Waals surface area contributed by atoms with Gasteiger partial charge in [0.1, 0.15) is 0 Å². The smallest absolute Gasteiger partial charge is 0.339 e. The number of ether oxygens (including phenoxy) is 1. The van der Waals surface area contributed by atoms with Crippen LogP contribution >= 0.6 is 0 Å². The van der Waals surface area contributed by atoms with Crippen molar-refractivity contribution in [1.29, 1.82) is 0 Å². The number of hydrogen-bond donors (Lipinski definition) is 1. The maximum Gasteiger partial charge on any atom is 0.339 e. The molecule has 1 aromatic heterocycles. The van der Waals surface area contributed by atoms with Gasteiger partial charge in [-0.1, -0.05) is 30.3 Å². The SMILES string of the molecule is COC(=O)c1c(C)c[nH]c1Cc1ccccc1. The van der Waals surface area contributed by atoms with E-state index in [1.165, 1.54) is 12.7 Å². The van der Waals surface area contributed by atoms with E-state index in [-0.39, 0.29) is 5.97 Å². The van der Waals surface area contributed by atoms with Crippen molar-refractivity contribution in [2.45, 2.75) is 13.3 Å². The number of H-pyrrole nitrogens is 1. The van der Waals surface area contributed by atoms with E-state index in [2.05, 4.69) is 4.98 Å². The van der Waals surface area contributed by atoms with Gasteiger partial charge in [0, 0.05) is 18.3 Å². The molecule has 17 heavy (non-hydrogen) atoms. The fraction of sp³-hybridized carbons (Fsp3) is 0.214. The quantitative estimate of drug-likeness (QED) is 0.822.